The van der Waals surface area contributed by atoms with Crippen LogP contribution in [0.15, 0.2) is 48.5 Å². The predicted octanol–water partition coefficient (Wildman–Crippen LogP) is 3.77. The molecule has 0 aromatic heterocycles. The van der Waals surface area contributed by atoms with Gasteiger partial charge in [0.2, 0.25) is 5.91 Å². The highest BCUT2D eigenvalue weighted by atomic mass is 16.5. The minimum atomic E-state index is -0.405. The van der Waals surface area contributed by atoms with Crippen molar-refractivity contribution in [1.29, 1.82) is 0 Å². The fraction of sp³-hybridized carbons (Fsp3) is 0.200. The van der Waals surface area contributed by atoms with E-state index in [0.717, 1.165) is 23.2 Å². The molecule has 0 atom stereocenters. The Morgan fingerprint density at radius 3 is 2.50 bits per heavy atom. The van der Waals surface area contributed by atoms with Crippen molar-refractivity contribution in [3.8, 4) is 0 Å². The fourth-order valence-corrected chi connectivity index (χ4v) is 2.80. The number of hydrogen-bond donors (Lipinski definition) is 0. The van der Waals surface area contributed by atoms with Crippen molar-refractivity contribution in [3.63, 3.8) is 0 Å². The van der Waals surface area contributed by atoms with Crippen molar-refractivity contribution < 1.29 is 14.3 Å². The van der Waals surface area contributed by atoms with Gasteiger partial charge in [-0.15, -0.1) is 0 Å². The highest BCUT2D eigenvalue weighted by Crippen LogP contribution is 2.25. The van der Waals surface area contributed by atoms with Crippen molar-refractivity contribution in [2.75, 3.05) is 18.6 Å². The second-order valence-corrected chi connectivity index (χ2v) is 5.70. The van der Waals surface area contributed by atoms with Crippen LogP contribution in [0.25, 0.3) is 12.2 Å². The number of benzene rings is 2. The number of nitrogens with zero attached hydrogens (tertiary/aromatic N) is 1. The van der Waals surface area contributed by atoms with E-state index in [1.165, 1.54) is 7.11 Å². The van der Waals surface area contributed by atoms with Gasteiger partial charge in [0.05, 0.1) is 12.7 Å². The zero-order valence-electron chi connectivity index (χ0n) is 13.6. The molecule has 122 valence electrons. The maximum absolute atomic E-state index is 12.0. The molecule has 0 spiro atoms. The van der Waals surface area contributed by atoms with Crippen molar-refractivity contribution in [3.05, 3.63) is 65.2 Å². The van der Waals surface area contributed by atoms with E-state index in [2.05, 4.69) is 0 Å². The fourth-order valence-electron chi connectivity index (χ4n) is 2.80. The third-order valence-corrected chi connectivity index (χ3v) is 4.01. The number of rotatable bonds is 4. The lowest BCUT2D eigenvalue weighted by atomic mass is 10.1. The first-order chi connectivity index (χ1) is 11.7. The summed E-state index contributed by atoms with van der Waals surface area (Å²) in [4.78, 5) is 25.7. The van der Waals surface area contributed by atoms with E-state index >= 15 is 0 Å². The first-order valence-electron chi connectivity index (χ1n) is 7.94. The Bertz CT molecular complexity index is 781. The van der Waals surface area contributed by atoms with Gasteiger partial charge < -0.3 is 9.64 Å². The summed E-state index contributed by atoms with van der Waals surface area (Å²) >= 11 is 0. The molecule has 1 amide bonds. The van der Waals surface area contributed by atoms with Crippen LogP contribution in [-0.4, -0.2) is 25.5 Å². The highest BCUT2D eigenvalue weighted by molar-refractivity contribution is 5.98. The van der Waals surface area contributed by atoms with Crippen LogP contribution in [0.4, 0.5) is 5.69 Å². The molecule has 0 bridgehead atoms. The summed E-state index contributed by atoms with van der Waals surface area (Å²) in [6.45, 7) is 0.686. The van der Waals surface area contributed by atoms with Gasteiger partial charge in [-0.1, -0.05) is 42.5 Å². The Balaban J connectivity index is 1.97. The molecular formula is C20H19NO3. The average molecular weight is 321 g/mol. The van der Waals surface area contributed by atoms with Crippen LogP contribution in [0.2, 0.25) is 0 Å². The van der Waals surface area contributed by atoms with E-state index in [9.17, 15) is 9.59 Å². The normalized spacial score (nSPS) is 14.4. The van der Waals surface area contributed by atoms with Gasteiger partial charge in [-0.05, 0) is 35.7 Å². The molecule has 1 aliphatic rings. The van der Waals surface area contributed by atoms with E-state index in [-0.39, 0.29) is 5.91 Å². The smallest absolute Gasteiger partial charge is 0.337 e. The number of ether oxygens (including phenoxy) is 1. The number of methoxy groups -OCH3 is 1. The number of carbonyl (C=O) groups is 2. The summed E-state index contributed by atoms with van der Waals surface area (Å²) in [6, 6.07) is 15.3. The van der Waals surface area contributed by atoms with Gasteiger partial charge in [-0.3, -0.25) is 4.79 Å². The molecule has 1 saturated heterocycles. The highest BCUT2D eigenvalue weighted by Gasteiger charge is 2.23. The van der Waals surface area contributed by atoms with Crippen LogP contribution in [0, 0.1) is 0 Å². The molecule has 3 rings (SSSR count). The Morgan fingerprint density at radius 2 is 1.83 bits per heavy atom. The van der Waals surface area contributed by atoms with Crippen molar-refractivity contribution in [2.24, 2.45) is 0 Å². The minimum absolute atomic E-state index is 0.0926. The second-order valence-electron chi connectivity index (χ2n) is 5.70. The molecule has 2 aromatic carbocycles. The zero-order chi connectivity index (χ0) is 16.9. The predicted molar refractivity (Wildman–Crippen MR) is 94.7 cm³/mol. The van der Waals surface area contributed by atoms with Gasteiger partial charge in [-0.25, -0.2) is 4.79 Å². The van der Waals surface area contributed by atoms with Gasteiger partial charge >= 0.3 is 5.97 Å². The van der Waals surface area contributed by atoms with Crippen molar-refractivity contribution in [1.82, 2.24) is 0 Å². The number of esters is 1. The van der Waals surface area contributed by atoms with Crippen molar-refractivity contribution >= 4 is 29.7 Å². The lowest BCUT2D eigenvalue weighted by Crippen LogP contribution is -2.24. The van der Waals surface area contributed by atoms with E-state index in [4.69, 9.17) is 4.74 Å². The Morgan fingerprint density at radius 1 is 1.08 bits per heavy atom. The molecule has 0 aliphatic carbocycles. The monoisotopic (exact) mass is 321 g/mol. The lowest BCUT2D eigenvalue weighted by Gasteiger charge is -2.17. The maximum Gasteiger partial charge on any atom is 0.337 e. The topological polar surface area (TPSA) is 46.6 Å². The Hall–Kier alpha value is -2.88. The molecular weight excluding hydrogens is 302 g/mol. The molecule has 4 heteroatoms. The van der Waals surface area contributed by atoms with E-state index in [1.54, 1.807) is 17.0 Å². The van der Waals surface area contributed by atoms with E-state index in [0.29, 0.717) is 18.5 Å². The largest absolute Gasteiger partial charge is 0.465 e. The minimum Gasteiger partial charge on any atom is -0.465 e. The third-order valence-electron chi connectivity index (χ3n) is 4.01. The van der Waals surface area contributed by atoms with Gasteiger partial charge in [0.25, 0.3) is 0 Å². The molecule has 24 heavy (non-hydrogen) atoms. The Labute approximate surface area is 141 Å². The molecule has 2 aromatic rings. The van der Waals surface area contributed by atoms with Gasteiger partial charge in [0.15, 0.2) is 0 Å². The summed E-state index contributed by atoms with van der Waals surface area (Å²) < 4.78 is 4.83. The summed E-state index contributed by atoms with van der Waals surface area (Å²) in [5, 5.41) is 0. The first kappa shape index (κ1) is 16.0. The lowest BCUT2D eigenvalue weighted by molar-refractivity contribution is -0.117. The van der Waals surface area contributed by atoms with Crippen LogP contribution < -0.4 is 4.90 Å². The quantitative estimate of drug-likeness (QED) is 0.636. The molecule has 4 nitrogen and oxygen atoms in total. The molecule has 0 radical (unpaired) electrons. The van der Waals surface area contributed by atoms with E-state index < -0.39 is 5.97 Å². The van der Waals surface area contributed by atoms with Gasteiger partial charge in [-0.2, -0.15) is 0 Å². The second kappa shape index (κ2) is 7.13. The average Bonchev–Trinajstić information content (AvgIpc) is 3.06. The number of hydrogen-bond acceptors (Lipinski definition) is 3. The molecule has 1 fully saturated rings. The first-order valence-corrected chi connectivity index (χ1v) is 7.94. The molecule has 0 saturated carbocycles. The number of carbonyl (C=O) groups excluding carboxylic acids is 2. The molecule has 1 heterocycles. The van der Waals surface area contributed by atoms with Crippen molar-refractivity contribution in [2.45, 2.75) is 12.8 Å². The van der Waals surface area contributed by atoms with E-state index in [1.807, 2.05) is 48.6 Å². The maximum atomic E-state index is 12.0. The summed E-state index contributed by atoms with van der Waals surface area (Å²) in [5.74, 6) is -0.312. The van der Waals surface area contributed by atoms with Gasteiger partial charge in [0, 0.05) is 18.7 Å². The molecule has 1 aliphatic heterocycles. The number of anilines is 1. The van der Waals surface area contributed by atoms with Crippen LogP contribution in [0.1, 0.15) is 34.3 Å². The van der Waals surface area contributed by atoms with Crippen LogP contribution in [-0.2, 0) is 9.53 Å². The molecule has 0 unspecified atom stereocenters. The van der Waals surface area contributed by atoms with Gasteiger partial charge in [0.1, 0.15) is 0 Å². The Kier molecular flexibility index (Phi) is 4.75. The third kappa shape index (κ3) is 3.54. The number of amides is 1. The summed E-state index contributed by atoms with van der Waals surface area (Å²) in [7, 11) is 1.36. The molecule has 0 N–H and O–H groups in total. The van der Waals surface area contributed by atoms with Crippen LogP contribution in [0.5, 0.6) is 0 Å². The van der Waals surface area contributed by atoms with Crippen LogP contribution >= 0.6 is 0 Å². The van der Waals surface area contributed by atoms with Crippen LogP contribution in [0.3, 0.4) is 0 Å². The summed E-state index contributed by atoms with van der Waals surface area (Å²) in [6.07, 6.45) is 5.31. The zero-order valence-corrected chi connectivity index (χ0v) is 13.6. The standard InChI is InChI=1S/C20H19NO3/c1-24-20(23)17-12-16(10-9-15-6-3-2-4-7-15)13-18(14-17)21-11-5-8-19(21)22/h2-4,6-7,9-10,12-14H,5,8,11H2,1H3/b10-9+. The SMILES string of the molecule is COC(=O)c1cc(/C=C/c2ccccc2)cc(N2CCCC2=O)c1. The summed E-state index contributed by atoms with van der Waals surface area (Å²) in [5.41, 5.74) is 3.12.